The third-order valence-electron chi connectivity index (χ3n) is 6.11. The molecule has 1 rings (SSSR count). The second kappa shape index (κ2) is 14.6. The number of carbonyl (C=O) groups is 4. The predicted octanol–water partition coefficient (Wildman–Crippen LogP) is 4.20. The number of nitrogens with zero attached hydrogens (tertiary/aromatic N) is 1. The van der Waals surface area contributed by atoms with Crippen LogP contribution in [-0.4, -0.2) is 60.6 Å². The van der Waals surface area contributed by atoms with Crippen molar-refractivity contribution in [3.63, 3.8) is 0 Å². The first-order valence-electron chi connectivity index (χ1n) is 13.0. The highest BCUT2D eigenvalue weighted by molar-refractivity contribution is 5.93. The Balaban J connectivity index is 3.57. The quantitative estimate of drug-likeness (QED) is 0.400. The molecule has 9 heteroatoms. The van der Waals surface area contributed by atoms with Crippen LogP contribution in [0.3, 0.4) is 0 Å². The minimum Gasteiger partial charge on any atom is -0.468 e. The Bertz CT molecular complexity index is 940. The molecule has 1 aromatic rings. The van der Waals surface area contributed by atoms with Crippen LogP contribution < -0.4 is 10.6 Å². The molecule has 3 atom stereocenters. The van der Waals surface area contributed by atoms with E-state index in [2.05, 4.69) is 15.4 Å². The molecular formula is C28H45N3O6. The Morgan fingerprint density at radius 2 is 1.73 bits per heavy atom. The molecule has 9 nitrogen and oxygen atoms in total. The van der Waals surface area contributed by atoms with Gasteiger partial charge in [-0.25, -0.2) is 4.79 Å². The summed E-state index contributed by atoms with van der Waals surface area (Å²) in [6.45, 7) is 14.8. The summed E-state index contributed by atoms with van der Waals surface area (Å²) in [4.78, 5) is 53.7. The van der Waals surface area contributed by atoms with Crippen LogP contribution in [0, 0.1) is 19.8 Å². The molecular weight excluding hydrogens is 474 g/mol. The Kier molecular flexibility index (Phi) is 12.6. The minimum atomic E-state index is -1.00. The highest BCUT2D eigenvalue weighted by Gasteiger charge is 2.38. The van der Waals surface area contributed by atoms with E-state index in [1.54, 1.807) is 20.8 Å². The maximum atomic E-state index is 14.1. The summed E-state index contributed by atoms with van der Waals surface area (Å²) in [6.07, 6.45) is 1.37. The molecule has 3 amide bonds. The molecule has 0 saturated heterocycles. The summed E-state index contributed by atoms with van der Waals surface area (Å²) in [5, 5.41) is 5.38. The van der Waals surface area contributed by atoms with Crippen molar-refractivity contribution in [3.05, 3.63) is 34.9 Å². The number of alkyl carbamates (subject to hydrolysis) is 1. The summed E-state index contributed by atoms with van der Waals surface area (Å²) in [5.74, 6) is -1.69. The van der Waals surface area contributed by atoms with E-state index in [1.807, 2.05) is 52.8 Å². The zero-order valence-electron chi connectivity index (χ0n) is 23.9. The van der Waals surface area contributed by atoms with E-state index in [0.717, 1.165) is 17.5 Å². The molecule has 2 N–H and O–H groups in total. The number of amides is 3. The average molecular weight is 520 g/mol. The van der Waals surface area contributed by atoms with Crippen molar-refractivity contribution >= 4 is 23.9 Å². The average Bonchev–Trinajstić information content (AvgIpc) is 2.83. The fourth-order valence-corrected chi connectivity index (χ4v) is 3.82. The van der Waals surface area contributed by atoms with Crippen molar-refractivity contribution in [1.82, 2.24) is 15.5 Å². The summed E-state index contributed by atoms with van der Waals surface area (Å²) < 4.78 is 10.1. The molecule has 0 heterocycles. The molecule has 3 unspecified atom stereocenters. The van der Waals surface area contributed by atoms with E-state index in [1.165, 1.54) is 12.0 Å². The topological polar surface area (TPSA) is 114 Å². The lowest BCUT2D eigenvalue weighted by molar-refractivity contribution is -0.145. The van der Waals surface area contributed by atoms with Gasteiger partial charge in [0.1, 0.15) is 24.2 Å². The second-order valence-corrected chi connectivity index (χ2v) is 10.5. The van der Waals surface area contributed by atoms with Gasteiger partial charge in [0, 0.05) is 6.54 Å². The van der Waals surface area contributed by atoms with E-state index in [-0.39, 0.29) is 18.4 Å². The molecule has 0 aliphatic rings. The van der Waals surface area contributed by atoms with Gasteiger partial charge in [0.05, 0.1) is 7.11 Å². The number of unbranched alkanes of at least 4 members (excludes halogenated alkanes) is 1. The lowest BCUT2D eigenvalue weighted by Gasteiger charge is -2.36. The van der Waals surface area contributed by atoms with E-state index < -0.39 is 35.7 Å². The summed E-state index contributed by atoms with van der Waals surface area (Å²) in [6, 6.07) is 3.81. The van der Waals surface area contributed by atoms with Crippen LogP contribution in [-0.2, 0) is 23.9 Å². The summed E-state index contributed by atoms with van der Waals surface area (Å²) >= 11 is 0. The number of benzene rings is 1. The number of carbonyl (C=O) groups excluding carboxylic acids is 4. The fraction of sp³-hybridized carbons (Fsp3) is 0.643. The monoisotopic (exact) mass is 519 g/mol. The molecule has 37 heavy (non-hydrogen) atoms. The fourth-order valence-electron chi connectivity index (χ4n) is 3.82. The van der Waals surface area contributed by atoms with Crippen molar-refractivity contribution < 1.29 is 28.7 Å². The van der Waals surface area contributed by atoms with Crippen molar-refractivity contribution in [2.45, 2.75) is 92.3 Å². The first-order valence-corrected chi connectivity index (χ1v) is 13.0. The van der Waals surface area contributed by atoms with E-state index >= 15 is 0 Å². The number of methoxy groups -OCH3 is 1. The zero-order valence-corrected chi connectivity index (χ0v) is 23.9. The van der Waals surface area contributed by atoms with Crippen LogP contribution in [0.2, 0.25) is 0 Å². The van der Waals surface area contributed by atoms with Gasteiger partial charge >= 0.3 is 12.1 Å². The largest absolute Gasteiger partial charge is 0.468 e. The van der Waals surface area contributed by atoms with Crippen molar-refractivity contribution in [2.75, 3.05) is 20.2 Å². The molecule has 1 aromatic carbocycles. The minimum absolute atomic E-state index is 0.221. The number of hydrogen-bond acceptors (Lipinski definition) is 6. The normalized spacial score (nSPS) is 13.6. The standard InChI is InChI=1S/C28H45N3O6/c1-10-12-15-31(26(34)23(19(4)11-2)30-27(35)37-28(6,7)8)24(25(33)29-17-22(32)36-9)21-16-18(3)13-14-20(21)5/h13-14,16,19,23-24H,10-12,15,17H2,1-9H3,(H,29,33)(H,30,35). The van der Waals surface area contributed by atoms with Crippen LogP contribution in [0.25, 0.3) is 0 Å². The van der Waals surface area contributed by atoms with Crippen molar-refractivity contribution in [1.29, 1.82) is 0 Å². The Morgan fingerprint density at radius 3 is 2.27 bits per heavy atom. The van der Waals surface area contributed by atoms with Gasteiger partial charge in [-0.1, -0.05) is 57.4 Å². The van der Waals surface area contributed by atoms with Gasteiger partial charge in [-0.05, 0) is 58.1 Å². The van der Waals surface area contributed by atoms with Gasteiger partial charge in [0.2, 0.25) is 11.8 Å². The van der Waals surface area contributed by atoms with Crippen molar-refractivity contribution in [2.24, 2.45) is 5.92 Å². The van der Waals surface area contributed by atoms with Crippen LogP contribution in [0.5, 0.6) is 0 Å². The summed E-state index contributed by atoms with van der Waals surface area (Å²) in [7, 11) is 1.24. The maximum Gasteiger partial charge on any atom is 0.408 e. The van der Waals surface area contributed by atoms with E-state index in [4.69, 9.17) is 4.74 Å². The molecule has 0 fully saturated rings. The number of ether oxygens (including phenoxy) is 2. The molecule has 208 valence electrons. The number of hydrogen-bond donors (Lipinski definition) is 2. The Hall–Kier alpha value is -3.10. The molecule has 0 spiro atoms. The Morgan fingerprint density at radius 1 is 1.08 bits per heavy atom. The van der Waals surface area contributed by atoms with Gasteiger partial charge in [0.25, 0.3) is 0 Å². The molecule has 0 aromatic heterocycles. The van der Waals surface area contributed by atoms with Gasteiger partial charge in [-0.15, -0.1) is 0 Å². The molecule has 0 radical (unpaired) electrons. The molecule has 0 aliphatic heterocycles. The Labute approximate surface area is 221 Å². The van der Waals surface area contributed by atoms with Crippen LogP contribution in [0.4, 0.5) is 4.79 Å². The van der Waals surface area contributed by atoms with Crippen LogP contribution in [0.1, 0.15) is 83.5 Å². The highest BCUT2D eigenvalue weighted by atomic mass is 16.6. The number of nitrogens with one attached hydrogen (secondary N) is 2. The molecule has 0 aliphatic carbocycles. The lowest BCUT2D eigenvalue weighted by atomic mass is 9.93. The first kappa shape index (κ1) is 31.9. The number of aryl methyl sites for hydroxylation is 2. The molecule has 0 saturated carbocycles. The van der Waals surface area contributed by atoms with E-state index in [0.29, 0.717) is 24.9 Å². The van der Waals surface area contributed by atoms with Gasteiger partial charge in [0.15, 0.2) is 0 Å². The van der Waals surface area contributed by atoms with Gasteiger partial charge < -0.3 is 25.0 Å². The number of rotatable bonds is 12. The van der Waals surface area contributed by atoms with Crippen LogP contribution >= 0.6 is 0 Å². The predicted molar refractivity (Wildman–Crippen MR) is 143 cm³/mol. The molecule has 0 bridgehead atoms. The van der Waals surface area contributed by atoms with E-state index in [9.17, 15) is 19.2 Å². The highest BCUT2D eigenvalue weighted by Crippen LogP contribution is 2.28. The second-order valence-electron chi connectivity index (χ2n) is 10.5. The number of esters is 1. The van der Waals surface area contributed by atoms with Crippen LogP contribution in [0.15, 0.2) is 18.2 Å². The van der Waals surface area contributed by atoms with Gasteiger partial charge in [-0.2, -0.15) is 0 Å². The maximum absolute atomic E-state index is 14.1. The van der Waals surface area contributed by atoms with Gasteiger partial charge in [-0.3, -0.25) is 14.4 Å². The zero-order chi connectivity index (χ0) is 28.3. The smallest absolute Gasteiger partial charge is 0.408 e. The SMILES string of the molecule is CCCCN(C(=O)C(NC(=O)OC(C)(C)C)C(C)CC)C(C(=O)NCC(=O)OC)c1cc(C)ccc1C. The third kappa shape index (κ3) is 10.1. The lowest BCUT2D eigenvalue weighted by Crippen LogP contribution is -2.55. The first-order chi connectivity index (χ1) is 17.2. The third-order valence-corrected chi connectivity index (χ3v) is 6.11. The summed E-state index contributed by atoms with van der Waals surface area (Å²) in [5.41, 5.74) is 1.69. The van der Waals surface area contributed by atoms with Crippen molar-refractivity contribution in [3.8, 4) is 0 Å².